The summed E-state index contributed by atoms with van der Waals surface area (Å²) in [7, 11) is 0. The summed E-state index contributed by atoms with van der Waals surface area (Å²) in [6.07, 6.45) is 6.80. The van der Waals surface area contributed by atoms with Crippen molar-refractivity contribution >= 4 is 11.6 Å². The molecule has 2 unspecified atom stereocenters. The number of hydrogen-bond donors (Lipinski definition) is 0. The molecule has 0 radical (unpaired) electrons. The quantitative estimate of drug-likeness (QED) is 0.603. The smallest absolute Gasteiger partial charge is 0.165 e. The van der Waals surface area contributed by atoms with E-state index >= 15 is 0 Å². The molecule has 0 aromatic carbocycles. The van der Waals surface area contributed by atoms with Crippen molar-refractivity contribution in [3.05, 3.63) is 36.0 Å². The first-order valence-electron chi connectivity index (χ1n) is 7.36. The summed E-state index contributed by atoms with van der Waals surface area (Å²) in [5.41, 5.74) is 1.37. The number of fused-ring (bicyclic) bond motifs is 1. The highest BCUT2D eigenvalue weighted by atomic mass is 16.1. The van der Waals surface area contributed by atoms with Crippen LogP contribution in [0, 0.1) is 11.3 Å². The molecular weight excluding hydrogens is 248 g/mol. The molecule has 0 aliphatic heterocycles. The van der Waals surface area contributed by atoms with Gasteiger partial charge in [-0.05, 0) is 45.3 Å². The van der Waals surface area contributed by atoms with Crippen LogP contribution < -0.4 is 0 Å². The van der Waals surface area contributed by atoms with Gasteiger partial charge in [-0.1, -0.05) is 38.5 Å². The van der Waals surface area contributed by atoms with Gasteiger partial charge in [0.25, 0.3) is 0 Å². The summed E-state index contributed by atoms with van der Waals surface area (Å²) < 4.78 is 0. The standard InChI is InChI=1S/C13H16O2.C3H6.C2H6/c1-8-4-5-10-11(14)6-9(2)12(15)13(10,3)7-8;1-3-2;1-2/h4,6,10H,5,7H2,1-3H3;3H,1H2,2H3;1-2H3. The van der Waals surface area contributed by atoms with E-state index in [0.717, 1.165) is 12.8 Å². The van der Waals surface area contributed by atoms with E-state index in [9.17, 15) is 9.59 Å². The van der Waals surface area contributed by atoms with Gasteiger partial charge in [-0.15, -0.1) is 6.58 Å². The molecule has 0 aromatic rings. The minimum absolute atomic E-state index is 0.123. The summed E-state index contributed by atoms with van der Waals surface area (Å²) >= 11 is 0. The molecule has 20 heavy (non-hydrogen) atoms. The maximum atomic E-state index is 12.1. The summed E-state index contributed by atoms with van der Waals surface area (Å²) in [4.78, 5) is 24.0. The highest BCUT2D eigenvalue weighted by Crippen LogP contribution is 2.45. The van der Waals surface area contributed by atoms with Crippen molar-refractivity contribution in [3.63, 3.8) is 0 Å². The molecule has 2 heteroatoms. The summed E-state index contributed by atoms with van der Waals surface area (Å²) in [5, 5.41) is 0. The molecule has 2 atom stereocenters. The number of allylic oxidation sites excluding steroid dienone is 5. The summed E-state index contributed by atoms with van der Waals surface area (Å²) in [5.74, 6) is 0.148. The maximum Gasteiger partial charge on any atom is 0.165 e. The molecule has 112 valence electrons. The topological polar surface area (TPSA) is 34.1 Å². The minimum atomic E-state index is -0.477. The number of rotatable bonds is 0. The number of carbonyl (C=O) groups is 2. The molecule has 2 rings (SSSR count). The Hall–Kier alpha value is -1.44. The van der Waals surface area contributed by atoms with Gasteiger partial charge in [0.2, 0.25) is 0 Å². The van der Waals surface area contributed by atoms with Crippen LogP contribution in [0.4, 0.5) is 0 Å². The van der Waals surface area contributed by atoms with E-state index in [2.05, 4.69) is 12.7 Å². The van der Waals surface area contributed by atoms with Crippen molar-refractivity contribution < 1.29 is 9.59 Å². The third-order valence-corrected chi connectivity index (χ3v) is 3.70. The number of carbonyl (C=O) groups excluding carboxylic acids is 2. The predicted molar refractivity (Wildman–Crippen MR) is 85.6 cm³/mol. The molecule has 0 amide bonds. The molecular formula is C18H28O2. The fraction of sp³-hybridized carbons (Fsp3) is 0.556. The number of hydrogen-bond acceptors (Lipinski definition) is 2. The van der Waals surface area contributed by atoms with E-state index in [-0.39, 0.29) is 17.5 Å². The van der Waals surface area contributed by atoms with E-state index in [1.54, 1.807) is 13.0 Å². The van der Waals surface area contributed by atoms with Gasteiger partial charge < -0.3 is 0 Å². The van der Waals surface area contributed by atoms with Crippen molar-refractivity contribution in [1.82, 2.24) is 0 Å². The molecule has 0 spiro atoms. The Labute approximate surface area is 123 Å². The zero-order chi connectivity index (χ0) is 15.9. The van der Waals surface area contributed by atoms with Crippen molar-refractivity contribution in [2.45, 2.75) is 54.4 Å². The lowest BCUT2D eigenvalue weighted by Crippen LogP contribution is -2.45. The summed E-state index contributed by atoms with van der Waals surface area (Å²) in [6, 6.07) is 0. The molecule has 2 aliphatic carbocycles. The second-order valence-electron chi connectivity index (χ2n) is 5.40. The minimum Gasteiger partial charge on any atom is -0.294 e. The first-order chi connectivity index (χ1) is 9.36. The van der Waals surface area contributed by atoms with Crippen LogP contribution in [-0.2, 0) is 9.59 Å². The lowest BCUT2D eigenvalue weighted by molar-refractivity contribution is -0.136. The molecule has 0 N–H and O–H groups in total. The highest BCUT2D eigenvalue weighted by Gasteiger charge is 2.48. The van der Waals surface area contributed by atoms with E-state index in [1.165, 1.54) is 11.6 Å². The maximum absolute atomic E-state index is 12.1. The van der Waals surface area contributed by atoms with Gasteiger partial charge in [0.1, 0.15) is 0 Å². The third kappa shape index (κ3) is 3.78. The Bertz CT molecular complexity index is 440. The molecule has 2 nitrogen and oxygen atoms in total. The lowest BCUT2D eigenvalue weighted by Gasteiger charge is -2.40. The Morgan fingerprint density at radius 2 is 1.80 bits per heavy atom. The van der Waals surface area contributed by atoms with Crippen LogP contribution in [0.1, 0.15) is 54.4 Å². The number of ketones is 2. The zero-order valence-electron chi connectivity index (χ0n) is 13.7. The second-order valence-corrected chi connectivity index (χ2v) is 5.40. The van der Waals surface area contributed by atoms with Crippen LogP contribution in [0.2, 0.25) is 0 Å². The monoisotopic (exact) mass is 276 g/mol. The van der Waals surface area contributed by atoms with Crippen molar-refractivity contribution in [3.8, 4) is 0 Å². The fourth-order valence-corrected chi connectivity index (χ4v) is 2.85. The van der Waals surface area contributed by atoms with Crippen LogP contribution in [-0.4, -0.2) is 11.6 Å². The summed E-state index contributed by atoms with van der Waals surface area (Å²) in [6.45, 7) is 15.0. The molecule has 0 heterocycles. The van der Waals surface area contributed by atoms with Crippen LogP contribution in [0.15, 0.2) is 36.0 Å². The van der Waals surface area contributed by atoms with Gasteiger partial charge in [-0.3, -0.25) is 9.59 Å². The van der Waals surface area contributed by atoms with E-state index in [4.69, 9.17) is 0 Å². The van der Waals surface area contributed by atoms with Gasteiger partial charge in [-0.25, -0.2) is 0 Å². The Morgan fingerprint density at radius 3 is 2.30 bits per heavy atom. The Balaban J connectivity index is 0.000000641. The van der Waals surface area contributed by atoms with Gasteiger partial charge in [0, 0.05) is 11.3 Å². The van der Waals surface area contributed by atoms with Gasteiger partial charge in [-0.2, -0.15) is 0 Å². The molecule has 2 aliphatic rings. The van der Waals surface area contributed by atoms with E-state index in [0.29, 0.717) is 5.57 Å². The largest absolute Gasteiger partial charge is 0.294 e. The van der Waals surface area contributed by atoms with Crippen molar-refractivity contribution in [2.24, 2.45) is 11.3 Å². The van der Waals surface area contributed by atoms with Crippen LogP contribution in [0.25, 0.3) is 0 Å². The first-order valence-corrected chi connectivity index (χ1v) is 7.36. The van der Waals surface area contributed by atoms with E-state index < -0.39 is 5.41 Å². The molecule has 0 bridgehead atoms. The Morgan fingerprint density at radius 1 is 1.30 bits per heavy atom. The van der Waals surface area contributed by atoms with Crippen LogP contribution in [0.3, 0.4) is 0 Å². The van der Waals surface area contributed by atoms with Crippen LogP contribution in [0.5, 0.6) is 0 Å². The lowest BCUT2D eigenvalue weighted by atomic mass is 9.60. The average Bonchev–Trinajstić information content (AvgIpc) is 2.39. The second kappa shape index (κ2) is 7.98. The average molecular weight is 276 g/mol. The molecule has 0 fully saturated rings. The molecule has 0 saturated heterocycles. The SMILES string of the molecule is C=CC.CC.CC1=CCC2C(=O)C=C(C)C(=O)C2(C)C1. The molecule has 0 saturated carbocycles. The highest BCUT2D eigenvalue weighted by molar-refractivity contribution is 6.12. The zero-order valence-corrected chi connectivity index (χ0v) is 13.7. The predicted octanol–water partition coefficient (Wildman–Crippen LogP) is 4.67. The van der Waals surface area contributed by atoms with Gasteiger partial charge in [0.05, 0.1) is 0 Å². The van der Waals surface area contributed by atoms with Crippen molar-refractivity contribution in [1.29, 1.82) is 0 Å². The van der Waals surface area contributed by atoms with E-state index in [1.807, 2.05) is 34.6 Å². The van der Waals surface area contributed by atoms with Gasteiger partial charge in [0.15, 0.2) is 11.6 Å². The molecule has 0 aromatic heterocycles. The normalized spacial score (nSPS) is 27.8. The van der Waals surface area contributed by atoms with Gasteiger partial charge >= 0.3 is 0 Å². The van der Waals surface area contributed by atoms with Crippen molar-refractivity contribution in [2.75, 3.05) is 0 Å². The fourth-order valence-electron chi connectivity index (χ4n) is 2.85. The third-order valence-electron chi connectivity index (χ3n) is 3.70. The Kier molecular flexibility index (Phi) is 7.41. The van der Waals surface area contributed by atoms with Crippen LogP contribution >= 0.6 is 0 Å². The number of Topliss-reactive ketones (excluding diaryl/α,β-unsaturated/α-hetero) is 1. The first kappa shape index (κ1) is 18.6.